The average Bonchev–Trinajstić information content (AvgIpc) is 3.07. The van der Waals surface area contributed by atoms with Gasteiger partial charge in [0.2, 0.25) is 0 Å². The van der Waals surface area contributed by atoms with Gasteiger partial charge in [0.1, 0.15) is 12.1 Å². The SMILES string of the molecule is CC(NC1CC1)C(=O)O.CC(NC1CCC1)C(=O)O. The zero-order valence-corrected chi connectivity index (χ0v) is 11.6. The number of carbonyl (C=O) groups is 2. The van der Waals surface area contributed by atoms with Crippen molar-refractivity contribution < 1.29 is 19.8 Å². The van der Waals surface area contributed by atoms with E-state index in [-0.39, 0.29) is 12.1 Å². The second-order valence-corrected chi connectivity index (χ2v) is 5.36. The van der Waals surface area contributed by atoms with Gasteiger partial charge in [-0.15, -0.1) is 0 Å². The number of nitrogens with one attached hydrogen (secondary N) is 2. The fourth-order valence-electron chi connectivity index (χ4n) is 1.67. The number of carboxylic acids is 2. The third kappa shape index (κ3) is 6.54. The Bertz CT molecular complexity index is 314. The van der Waals surface area contributed by atoms with Crippen LogP contribution in [0.15, 0.2) is 0 Å². The molecule has 2 rings (SSSR count). The first-order valence-electron chi connectivity index (χ1n) is 6.88. The first-order valence-corrected chi connectivity index (χ1v) is 6.88. The van der Waals surface area contributed by atoms with E-state index in [0.29, 0.717) is 12.1 Å². The second kappa shape index (κ2) is 7.45. The summed E-state index contributed by atoms with van der Waals surface area (Å²) in [6.07, 6.45) is 5.79. The molecule has 2 fully saturated rings. The molecule has 2 aliphatic carbocycles. The Hall–Kier alpha value is -1.14. The maximum atomic E-state index is 10.3. The summed E-state index contributed by atoms with van der Waals surface area (Å²) in [7, 11) is 0. The molecule has 0 saturated heterocycles. The predicted molar refractivity (Wildman–Crippen MR) is 71.1 cm³/mol. The van der Waals surface area contributed by atoms with E-state index in [1.165, 1.54) is 6.42 Å². The highest BCUT2D eigenvalue weighted by Gasteiger charge is 2.25. The van der Waals surface area contributed by atoms with E-state index in [9.17, 15) is 9.59 Å². The summed E-state index contributed by atoms with van der Waals surface area (Å²) >= 11 is 0. The molecule has 2 unspecified atom stereocenters. The molecule has 0 aromatic rings. The smallest absolute Gasteiger partial charge is 0.320 e. The van der Waals surface area contributed by atoms with Crippen LogP contribution in [-0.4, -0.2) is 46.3 Å². The van der Waals surface area contributed by atoms with Crippen molar-refractivity contribution in [3.05, 3.63) is 0 Å². The van der Waals surface area contributed by atoms with Gasteiger partial charge in [-0.05, 0) is 39.5 Å². The van der Waals surface area contributed by atoms with Gasteiger partial charge >= 0.3 is 11.9 Å². The van der Waals surface area contributed by atoms with Crippen LogP contribution in [0.2, 0.25) is 0 Å². The number of hydrogen-bond acceptors (Lipinski definition) is 4. The van der Waals surface area contributed by atoms with Crippen molar-refractivity contribution >= 4 is 11.9 Å². The molecule has 0 bridgehead atoms. The van der Waals surface area contributed by atoms with Gasteiger partial charge in [-0.1, -0.05) is 6.42 Å². The van der Waals surface area contributed by atoms with Gasteiger partial charge in [0.15, 0.2) is 0 Å². The van der Waals surface area contributed by atoms with E-state index in [4.69, 9.17) is 10.2 Å². The van der Waals surface area contributed by atoms with Crippen LogP contribution >= 0.6 is 0 Å². The molecule has 0 amide bonds. The third-order valence-corrected chi connectivity index (χ3v) is 3.39. The van der Waals surface area contributed by atoms with Crippen molar-refractivity contribution in [3.8, 4) is 0 Å². The average molecular weight is 272 g/mol. The maximum Gasteiger partial charge on any atom is 0.320 e. The normalized spacial score (nSPS) is 21.6. The Morgan fingerprint density at radius 3 is 1.47 bits per heavy atom. The fourth-order valence-corrected chi connectivity index (χ4v) is 1.67. The summed E-state index contributed by atoms with van der Waals surface area (Å²) in [5.41, 5.74) is 0. The molecule has 2 saturated carbocycles. The molecule has 0 aliphatic heterocycles. The number of aliphatic carboxylic acids is 2. The van der Waals surface area contributed by atoms with E-state index in [0.717, 1.165) is 25.7 Å². The molecule has 110 valence electrons. The monoisotopic (exact) mass is 272 g/mol. The molecular weight excluding hydrogens is 248 g/mol. The molecule has 2 aliphatic rings. The van der Waals surface area contributed by atoms with E-state index in [1.807, 2.05) is 0 Å². The molecule has 2 atom stereocenters. The zero-order chi connectivity index (χ0) is 14.4. The number of carboxylic acid groups (broad SMARTS) is 2. The molecule has 0 heterocycles. The van der Waals surface area contributed by atoms with Crippen LogP contribution in [0.25, 0.3) is 0 Å². The standard InChI is InChI=1S/C7H13NO2.C6H11NO2/c1-5(7(9)10)8-6-3-2-4-6;1-4(6(8)9)7-5-2-3-5/h5-6,8H,2-4H2,1H3,(H,9,10);4-5,7H,2-3H2,1H3,(H,8,9). The Morgan fingerprint density at radius 1 is 0.895 bits per heavy atom. The van der Waals surface area contributed by atoms with E-state index in [1.54, 1.807) is 13.8 Å². The highest BCUT2D eigenvalue weighted by Crippen LogP contribution is 2.19. The van der Waals surface area contributed by atoms with Crippen LogP contribution in [0, 0.1) is 0 Å². The van der Waals surface area contributed by atoms with Crippen LogP contribution in [0.1, 0.15) is 46.0 Å². The van der Waals surface area contributed by atoms with Crippen LogP contribution in [0.3, 0.4) is 0 Å². The van der Waals surface area contributed by atoms with Gasteiger partial charge in [0, 0.05) is 12.1 Å². The van der Waals surface area contributed by atoms with Crippen molar-refractivity contribution in [2.45, 2.75) is 70.1 Å². The molecule has 6 heteroatoms. The lowest BCUT2D eigenvalue weighted by Gasteiger charge is -2.28. The minimum atomic E-state index is -0.762. The Balaban J connectivity index is 0.000000191. The first kappa shape index (κ1) is 15.9. The lowest BCUT2D eigenvalue weighted by atomic mass is 9.92. The van der Waals surface area contributed by atoms with Crippen LogP contribution in [0.4, 0.5) is 0 Å². The van der Waals surface area contributed by atoms with Crippen molar-refractivity contribution in [3.63, 3.8) is 0 Å². The third-order valence-electron chi connectivity index (χ3n) is 3.39. The van der Waals surface area contributed by atoms with Crippen LogP contribution in [-0.2, 0) is 9.59 Å². The van der Waals surface area contributed by atoms with E-state index in [2.05, 4.69) is 10.6 Å². The number of rotatable bonds is 6. The summed E-state index contributed by atoms with van der Waals surface area (Å²) in [5.74, 6) is -1.52. The van der Waals surface area contributed by atoms with Crippen LogP contribution in [0.5, 0.6) is 0 Å². The minimum Gasteiger partial charge on any atom is -0.480 e. The highest BCUT2D eigenvalue weighted by atomic mass is 16.4. The lowest BCUT2D eigenvalue weighted by molar-refractivity contribution is -0.140. The van der Waals surface area contributed by atoms with Crippen molar-refractivity contribution in [1.29, 1.82) is 0 Å². The second-order valence-electron chi connectivity index (χ2n) is 5.36. The topological polar surface area (TPSA) is 98.7 Å². The van der Waals surface area contributed by atoms with Crippen molar-refractivity contribution in [2.75, 3.05) is 0 Å². The summed E-state index contributed by atoms with van der Waals surface area (Å²) in [6.45, 7) is 3.35. The molecule has 0 aromatic heterocycles. The molecule has 0 aromatic carbocycles. The summed E-state index contributed by atoms with van der Waals surface area (Å²) in [6, 6.07) is 0.185. The minimum absolute atomic E-state index is 0.377. The van der Waals surface area contributed by atoms with Crippen molar-refractivity contribution in [1.82, 2.24) is 10.6 Å². The van der Waals surface area contributed by atoms with Gasteiger partial charge in [-0.3, -0.25) is 9.59 Å². The Morgan fingerprint density at radius 2 is 1.26 bits per heavy atom. The summed E-state index contributed by atoms with van der Waals surface area (Å²) < 4.78 is 0. The molecule has 19 heavy (non-hydrogen) atoms. The molecule has 4 N–H and O–H groups in total. The molecular formula is C13H24N2O4. The van der Waals surface area contributed by atoms with Gasteiger partial charge in [-0.2, -0.15) is 0 Å². The predicted octanol–water partition coefficient (Wildman–Crippen LogP) is 0.813. The Labute approximate surface area is 113 Å². The largest absolute Gasteiger partial charge is 0.480 e. The van der Waals surface area contributed by atoms with Gasteiger partial charge in [-0.25, -0.2) is 0 Å². The fraction of sp³-hybridized carbons (Fsp3) is 0.846. The zero-order valence-electron chi connectivity index (χ0n) is 11.6. The quantitative estimate of drug-likeness (QED) is 0.571. The summed E-state index contributed by atoms with van der Waals surface area (Å²) in [4.78, 5) is 20.5. The summed E-state index contributed by atoms with van der Waals surface area (Å²) in [5, 5.41) is 22.9. The van der Waals surface area contributed by atoms with Gasteiger partial charge < -0.3 is 20.8 Å². The van der Waals surface area contributed by atoms with Crippen LogP contribution < -0.4 is 10.6 Å². The Kier molecular flexibility index (Phi) is 6.24. The van der Waals surface area contributed by atoms with Gasteiger partial charge in [0.25, 0.3) is 0 Å². The highest BCUT2D eigenvalue weighted by molar-refractivity contribution is 5.73. The first-order chi connectivity index (χ1) is 8.90. The lowest BCUT2D eigenvalue weighted by Crippen LogP contribution is -2.44. The molecule has 0 spiro atoms. The number of hydrogen-bond donors (Lipinski definition) is 4. The van der Waals surface area contributed by atoms with E-state index >= 15 is 0 Å². The van der Waals surface area contributed by atoms with Gasteiger partial charge in [0.05, 0.1) is 0 Å². The van der Waals surface area contributed by atoms with Crippen molar-refractivity contribution in [2.24, 2.45) is 0 Å². The van der Waals surface area contributed by atoms with E-state index < -0.39 is 11.9 Å². The molecule has 0 radical (unpaired) electrons. The molecule has 6 nitrogen and oxygen atoms in total. The maximum absolute atomic E-state index is 10.3.